The second-order valence-corrected chi connectivity index (χ2v) is 61.2. The quantitative estimate of drug-likeness (QED) is 0.0488. The molecule has 1 N–H and O–H groups in total. The molecule has 13 rings (SSSR count). The van der Waals surface area contributed by atoms with Gasteiger partial charge in [-0.15, -0.1) is 0 Å². The third kappa shape index (κ3) is 26.8. The maximum Gasteiger partial charge on any atom is 0.193 e. The number of rotatable bonds is 26. The van der Waals surface area contributed by atoms with Crippen LogP contribution in [0.5, 0.6) is 0 Å². The molecule has 0 amide bonds. The molecule has 10 saturated heterocycles. The van der Waals surface area contributed by atoms with Crippen molar-refractivity contribution in [2.45, 2.75) is 513 Å². The summed E-state index contributed by atoms with van der Waals surface area (Å²) in [5, 5.41) is 11.4. The van der Waals surface area contributed by atoms with Gasteiger partial charge in [-0.25, -0.2) is 0 Å². The van der Waals surface area contributed by atoms with E-state index in [-0.39, 0.29) is 208 Å². The lowest BCUT2D eigenvalue weighted by atomic mass is 9.76. The molecule has 10 fully saturated rings. The van der Waals surface area contributed by atoms with Crippen LogP contribution in [0.25, 0.3) is 0 Å². The molecule has 0 aromatic carbocycles. The van der Waals surface area contributed by atoms with E-state index in [4.69, 9.17) is 60.6 Å². The molecule has 0 spiro atoms. The van der Waals surface area contributed by atoms with E-state index in [2.05, 4.69) is 229 Å². The highest BCUT2D eigenvalue weighted by molar-refractivity contribution is 6.75. The Labute approximate surface area is 769 Å². The highest BCUT2D eigenvalue weighted by atomic mass is 28.4. The van der Waals surface area contributed by atoms with E-state index in [1.807, 2.05) is 6.08 Å². The van der Waals surface area contributed by atoms with E-state index in [1.165, 1.54) is 0 Å². The third-order valence-corrected chi connectivity index (χ3v) is 47.7. The summed E-state index contributed by atoms with van der Waals surface area (Å²) >= 11 is 0. The fraction of sp³-hybridized carbons (Fsp3) is 0.858. The Bertz CT molecular complexity index is 3610. The molecular weight excluding hydrogens is 1630 g/mol. The number of aliphatic hydroxyl groups is 1. The fourth-order valence-electron chi connectivity index (χ4n) is 21.9. The number of allylic oxidation sites excluding steroid dienone is 1. The standard InChI is InChI=1S/C56H98O9Si2.C50H84O8Si/c1-19-22-48(64-66(15,16)55(9,10)11)54-53(65-67(17,18)56(12,13)14)40(8)52-47(63-54)27-25-44(61-52)32-41(58)33-45-39(7)49(29-35(3)20-2)62-51(45)34-50-38(6)36(4)30-43(60-50)24-26-46-37(5)31-42(59-46)23-21-28-57;1-14-29(2)23-45-35(8)41-27-37(52)26-40-19-22-43-48(55-40)33(6)34(7)49(57-43)44(58-59(12,13)50(9,10)11)20-16-36(51)15-17-38-25-31(4)42(53-38)21-18-39-24-30(3)32(5)46(54-39)28-47(41)56-45/h19,22,28,35-36,39-40,42-54H,5-6,20-21,23-27,29-34H2,1-4,7-18H3;16,20,29-30,33-36,38-49,51H,4-5,14-15,17-19,21-28H2,1-3,6-13H3/b22-19+;20-16+/t35-,36-,39-,40+,42+,43+,44?,45-,46?,47+,48+,49-,50?,51+,52-,53+,54+;29-,30-,33-,34+,35-,36?,38+,39+,40?,41-,42?,43+,44+,45-,46?,47+,48-,49-/m11/s1. The van der Waals surface area contributed by atoms with E-state index in [9.17, 15) is 19.5 Å². The first kappa shape index (κ1) is 106. The van der Waals surface area contributed by atoms with E-state index < -0.39 is 31.1 Å². The van der Waals surface area contributed by atoms with Gasteiger partial charge in [0.25, 0.3) is 0 Å². The van der Waals surface area contributed by atoms with Crippen molar-refractivity contribution in [3.63, 3.8) is 0 Å². The van der Waals surface area contributed by atoms with Gasteiger partial charge in [0.1, 0.15) is 24.0 Å². The molecule has 0 aliphatic carbocycles. The molecule has 13 aliphatic rings. The minimum Gasteiger partial charge on any atom is -0.411 e. The van der Waals surface area contributed by atoms with Crippen molar-refractivity contribution < 1.29 is 80.1 Å². The van der Waals surface area contributed by atoms with E-state index in [0.29, 0.717) is 68.6 Å². The second kappa shape index (κ2) is 45.0. The monoisotopic (exact) mass is 1810 g/mol. The Morgan fingerprint density at radius 1 is 0.524 bits per heavy atom. The molecule has 17 nitrogen and oxygen atoms in total. The van der Waals surface area contributed by atoms with Crippen molar-refractivity contribution >= 4 is 42.8 Å². The Hall–Kier alpha value is -2.46. The lowest BCUT2D eigenvalue weighted by Crippen LogP contribution is -2.64. The molecule has 0 radical (unpaired) electrons. The summed E-state index contributed by atoms with van der Waals surface area (Å²) < 4.78 is 90.6. The molecule has 7 unspecified atom stereocenters. The van der Waals surface area contributed by atoms with Crippen molar-refractivity contribution in [2.75, 3.05) is 0 Å². The van der Waals surface area contributed by atoms with E-state index >= 15 is 0 Å². The average Bonchev–Trinajstić information content (AvgIpc) is 1.02. The summed E-state index contributed by atoms with van der Waals surface area (Å²) in [6.07, 6.45) is 27.4. The number of hydrogen-bond acceptors (Lipinski definition) is 17. The largest absolute Gasteiger partial charge is 0.411 e. The van der Waals surface area contributed by atoms with Crippen molar-refractivity contribution in [3.8, 4) is 0 Å². The zero-order valence-electron chi connectivity index (χ0n) is 84.3. The van der Waals surface area contributed by atoms with Gasteiger partial charge >= 0.3 is 0 Å². The number of aldehydes is 1. The number of hydrogen-bond donors (Lipinski definition) is 1. The second-order valence-electron chi connectivity index (χ2n) is 46.9. The predicted molar refractivity (Wildman–Crippen MR) is 516 cm³/mol. The van der Waals surface area contributed by atoms with Gasteiger partial charge in [-0.05, 0) is 252 Å². The SMILES string of the molecule is C=C1C[C@@H]2CCC(O)/C=C/[C@H](O[Si](C)(C)C(C)(C)C)[C@@H]3O[C@H]4CCC(CC(=O)C[C@@H]5[C@@H](C)[C@@H](C[C@H](C)CC)O[C@H]5CC5O[C@@H](CCC1O2)C[C@@H](C)C5=C)O[C@@H]4[C@H](C)[C@@H]3C.C=C1C[C@H](CCC=O)OC1CC[C@H]1C[C@@H](C)C(=C)C(C[C@@H]2O[C@H](C[C@H](C)CC)[C@H](C)[C@H]2CC(=O)CC2CC[C@@H]3O[C@@H]([C@H](/C=C/C)O[Si](C)(C)C(C)(C)C)[C@@H](O[Si](C)(C)C(C)(C)C)[C@@H](C)[C@H]3O2)O1. The van der Waals surface area contributed by atoms with Crippen LogP contribution >= 0.6 is 0 Å². The number of ketones is 2. The van der Waals surface area contributed by atoms with Crippen LogP contribution in [0.2, 0.25) is 54.4 Å². The molecule has 0 aromatic rings. The van der Waals surface area contributed by atoms with E-state index in [1.54, 1.807) is 0 Å². The van der Waals surface area contributed by atoms with Crippen molar-refractivity contribution in [1.29, 1.82) is 0 Å². The maximum absolute atomic E-state index is 14.5. The van der Waals surface area contributed by atoms with Gasteiger partial charge in [0, 0.05) is 50.9 Å². The lowest BCUT2D eigenvalue weighted by molar-refractivity contribution is -0.251. The van der Waals surface area contributed by atoms with Crippen LogP contribution in [0.1, 0.15) is 312 Å². The Balaban J connectivity index is 0.000000265. The van der Waals surface area contributed by atoms with Gasteiger partial charge in [0.15, 0.2) is 25.0 Å². The molecule has 126 heavy (non-hydrogen) atoms. The summed E-state index contributed by atoms with van der Waals surface area (Å²) in [5.41, 5.74) is 4.56. The Kier molecular flexibility index (Phi) is 37.7. The summed E-state index contributed by atoms with van der Waals surface area (Å²) in [7, 11) is -6.61. The van der Waals surface area contributed by atoms with E-state index in [0.717, 1.165) is 151 Å². The molecule has 0 saturated carbocycles. The number of carbonyl (C=O) groups excluding carboxylic acids is 3. The summed E-state index contributed by atoms with van der Waals surface area (Å²) in [5.74, 6) is 3.46. The molecule has 8 bridgehead atoms. The Morgan fingerprint density at radius 3 is 1.76 bits per heavy atom. The van der Waals surface area contributed by atoms with Crippen molar-refractivity contribution in [3.05, 3.63) is 72.9 Å². The molecule has 720 valence electrons. The number of carbonyl (C=O) groups is 3. The average molecular weight is 1810 g/mol. The van der Waals surface area contributed by atoms with Gasteiger partial charge in [0.2, 0.25) is 0 Å². The lowest BCUT2D eigenvalue weighted by Gasteiger charge is -2.54. The van der Waals surface area contributed by atoms with Gasteiger partial charge in [0.05, 0.1) is 140 Å². The van der Waals surface area contributed by atoms with Crippen LogP contribution in [-0.2, 0) is 75.0 Å². The number of fused-ring (bicyclic) bond motifs is 3. The van der Waals surface area contributed by atoms with Crippen LogP contribution in [0.4, 0.5) is 0 Å². The first-order valence-corrected chi connectivity index (χ1v) is 59.4. The van der Waals surface area contributed by atoms with Crippen LogP contribution in [0, 0.1) is 65.1 Å². The molecule has 13 heterocycles. The van der Waals surface area contributed by atoms with Crippen LogP contribution in [-0.4, -0.2) is 194 Å². The molecular formula is C106H182O17Si3. The number of ether oxygens (including phenoxy) is 10. The van der Waals surface area contributed by atoms with Crippen molar-refractivity contribution in [2.24, 2.45) is 65.1 Å². The molecule has 0 aromatic heterocycles. The summed E-state index contributed by atoms with van der Waals surface area (Å²) in [6.45, 7) is 79.5. The first-order valence-electron chi connectivity index (χ1n) is 50.7. The summed E-state index contributed by atoms with van der Waals surface area (Å²) in [6, 6.07) is 0. The maximum atomic E-state index is 14.5. The first-order chi connectivity index (χ1) is 58.9. The zero-order chi connectivity index (χ0) is 92.8. The topological polar surface area (TPSA) is 191 Å². The van der Waals surface area contributed by atoms with Gasteiger partial charge in [-0.1, -0.05) is 202 Å². The van der Waals surface area contributed by atoms with Crippen molar-refractivity contribution in [1.82, 2.24) is 0 Å². The molecule has 35 atom stereocenters. The summed E-state index contributed by atoms with van der Waals surface area (Å²) in [4.78, 5) is 39.6. The normalized spacial score (nSPS) is 40.3. The third-order valence-electron chi connectivity index (χ3n) is 34.2. The Morgan fingerprint density at radius 2 is 1.11 bits per heavy atom. The smallest absolute Gasteiger partial charge is 0.193 e. The molecule has 13 aliphatic heterocycles. The number of aliphatic hydroxyl groups excluding tert-OH is 1. The van der Waals surface area contributed by atoms with Gasteiger partial charge in [-0.2, -0.15) is 0 Å². The van der Waals surface area contributed by atoms with Gasteiger partial charge in [-0.3, -0.25) is 9.59 Å². The highest BCUT2D eigenvalue weighted by Gasteiger charge is 2.57. The van der Waals surface area contributed by atoms with Crippen LogP contribution in [0.3, 0.4) is 0 Å². The van der Waals surface area contributed by atoms with Crippen LogP contribution < -0.4 is 0 Å². The minimum absolute atomic E-state index is 0.00174. The highest BCUT2D eigenvalue weighted by Crippen LogP contribution is 2.52. The zero-order valence-corrected chi connectivity index (χ0v) is 87.3. The van der Waals surface area contributed by atoms with Crippen LogP contribution in [0.15, 0.2) is 72.9 Å². The number of Topliss-reactive ketones (excluding diaryl/α,β-unsaturated/α-hetero) is 2. The fourth-order valence-corrected chi connectivity index (χ4v) is 25.7. The minimum atomic E-state index is -2.24. The molecule has 20 heteroatoms. The predicted octanol–water partition coefficient (Wildman–Crippen LogP) is 24.0. The van der Waals surface area contributed by atoms with Gasteiger partial charge < -0.3 is 70.5 Å².